The SMILES string of the molecule is CN=C(NCc1ccc(N2CCCCC2=O)cc1)NC1CCN(Cc2ccccc2)C(C)C1.I. The van der Waals surface area contributed by atoms with Gasteiger partial charge in [-0.05, 0) is 55.9 Å². The summed E-state index contributed by atoms with van der Waals surface area (Å²) in [4.78, 5) is 21.1. The van der Waals surface area contributed by atoms with Crippen LogP contribution in [0.4, 0.5) is 5.69 Å². The van der Waals surface area contributed by atoms with E-state index in [1.165, 1.54) is 11.1 Å². The highest BCUT2D eigenvalue weighted by atomic mass is 127. The molecule has 7 heteroatoms. The van der Waals surface area contributed by atoms with Crippen LogP contribution in [0.1, 0.15) is 50.2 Å². The van der Waals surface area contributed by atoms with Crippen molar-refractivity contribution in [3.8, 4) is 0 Å². The highest BCUT2D eigenvalue weighted by Crippen LogP contribution is 2.22. The number of hydrogen-bond donors (Lipinski definition) is 2. The molecular weight excluding hydrogens is 537 g/mol. The molecule has 0 aliphatic carbocycles. The van der Waals surface area contributed by atoms with Gasteiger partial charge in [0.05, 0.1) is 0 Å². The zero-order valence-corrected chi connectivity index (χ0v) is 22.7. The molecule has 1 amide bonds. The Labute approximate surface area is 221 Å². The van der Waals surface area contributed by atoms with Crippen molar-refractivity contribution in [2.24, 2.45) is 4.99 Å². The maximum Gasteiger partial charge on any atom is 0.226 e. The van der Waals surface area contributed by atoms with Crippen molar-refractivity contribution in [1.29, 1.82) is 0 Å². The molecule has 4 rings (SSSR count). The third kappa shape index (κ3) is 7.18. The number of benzene rings is 2. The molecule has 2 aliphatic heterocycles. The summed E-state index contributed by atoms with van der Waals surface area (Å²) in [5.41, 5.74) is 3.56. The summed E-state index contributed by atoms with van der Waals surface area (Å²) in [5.74, 6) is 1.08. The van der Waals surface area contributed by atoms with Gasteiger partial charge in [-0.2, -0.15) is 0 Å². The first-order chi connectivity index (χ1) is 16.1. The minimum atomic E-state index is 0. The normalized spacial score (nSPS) is 21.6. The number of anilines is 1. The second-order valence-corrected chi connectivity index (χ2v) is 9.27. The van der Waals surface area contributed by atoms with Crippen molar-refractivity contribution < 1.29 is 4.79 Å². The lowest BCUT2D eigenvalue weighted by atomic mass is 9.97. The molecule has 2 atom stereocenters. The number of aliphatic imine (C=N–C) groups is 1. The summed E-state index contributed by atoms with van der Waals surface area (Å²) < 4.78 is 0. The molecule has 2 heterocycles. The summed E-state index contributed by atoms with van der Waals surface area (Å²) in [6.45, 7) is 5.95. The lowest BCUT2D eigenvalue weighted by Gasteiger charge is -2.38. The quantitative estimate of drug-likeness (QED) is 0.302. The van der Waals surface area contributed by atoms with Crippen LogP contribution in [0.5, 0.6) is 0 Å². The van der Waals surface area contributed by atoms with Gasteiger partial charge in [0.2, 0.25) is 5.91 Å². The number of rotatable bonds is 6. The van der Waals surface area contributed by atoms with Gasteiger partial charge < -0.3 is 15.5 Å². The van der Waals surface area contributed by atoms with E-state index in [2.05, 4.69) is 82.0 Å². The van der Waals surface area contributed by atoms with Crippen LogP contribution in [0.3, 0.4) is 0 Å². The van der Waals surface area contributed by atoms with Crippen LogP contribution in [0, 0.1) is 0 Å². The van der Waals surface area contributed by atoms with Crippen LogP contribution in [0.15, 0.2) is 59.6 Å². The van der Waals surface area contributed by atoms with E-state index in [1.807, 2.05) is 11.9 Å². The number of nitrogens with one attached hydrogen (secondary N) is 2. The first kappa shape index (κ1) is 26.5. The molecule has 0 radical (unpaired) electrons. The number of guanidine groups is 1. The fraction of sp³-hybridized carbons (Fsp3) is 0.481. The monoisotopic (exact) mass is 575 g/mol. The molecule has 2 unspecified atom stereocenters. The molecule has 2 aliphatic rings. The van der Waals surface area contributed by atoms with Crippen LogP contribution < -0.4 is 15.5 Å². The molecule has 2 fully saturated rings. The fourth-order valence-electron chi connectivity index (χ4n) is 4.85. The number of nitrogens with zero attached hydrogens (tertiary/aromatic N) is 3. The van der Waals surface area contributed by atoms with E-state index in [9.17, 15) is 4.79 Å². The number of carbonyl (C=O) groups excluding carboxylic acids is 1. The Morgan fingerprint density at radius 3 is 2.47 bits per heavy atom. The van der Waals surface area contributed by atoms with Gasteiger partial charge in [-0.15, -0.1) is 24.0 Å². The van der Waals surface area contributed by atoms with Crippen LogP contribution in [0.2, 0.25) is 0 Å². The number of halogens is 1. The molecule has 0 spiro atoms. The van der Waals surface area contributed by atoms with Gasteiger partial charge in [0, 0.05) is 57.4 Å². The van der Waals surface area contributed by atoms with Crippen LogP contribution in [-0.2, 0) is 17.9 Å². The first-order valence-electron chi connectivity index (χ1n) is 12.3. The Morgan fingerprint density at radius 1 is 1.03 bits per heavy atom. The summed E-state index contributed by atoms with van der Waals surface area (Å²) in [7, 11) is 1.83. The van der Waals surface area contributed by atoms with E-state index in [-0.39, 0.29) is 29.9 Å². The van der Waals surface area contributed by atoms with E-state index in [0.717, 1.165) is 57.0 Å². The smallest absolute Gasteiger partial charge is 0.226 e. The van der Waals surface area contributed by atoms with Gasteiger partial charge in [0.25, 0.3) is 0 Å². The average Bonchev–Trinajstić information content (AvgIpc) is 2.85. The topological polar surface area (TPSA) is 60.0 Å². The summed E-state index contributed by atoms with van der Waals surface area (Å²) in [6.07, 6.45) is 4.97. The molecule has 2 saturated heterocycles. The molecule has 6 nitrogen and oxygen atoms in total. The van der Waals surface area contributed by atoms with Crippen LogP contribution in [-0.4, -0.2) is 49.0 Å². The van der Waals surface area contributed by atoms with Gasteiger partial charge in [0.15, 0.2) is 5.96 Å². The standard InChI is InChI=1S/C27H37N5O.HI/c1-21-18-24(15-17-31(21)20-23-8-4-3-5-9-23)30-27(28-2)29-19-22-11-13-25(14-12-22)32-16-7-6-10-26(32)33;/h3-5,8-9,11-14,21,24H,6-7,10,15-20H2,1-2H3,(H2,28,29,30);1H. The Bertz CT molecular complexity index is 934. The molecule has 0 saturated carbocycles. The molecule has 184 valence electrons. The van der Waals surface area contributed by atoms with Gasteiger partial charge in [-0.3, -0.25) is 14.7 Å². The highest BCUT2D eigenvalue weighted by Gasteiger charge is 2.26. The number of amides is 1. The summed E-state index contributed by atoms with van der Waals surface area (Å²) >= 11 is 0. The predicted octanol–water partition coefficient (Wildman–Crippen LogP) is 4.54. The van der Waals surface area contributed by atoms with E-state index < -0.39 is 0 Å². The Hall–Kier alpha value is -2.13. The molecule has 0 bridgehead atoms. The van der Waals surface area contributed by atoms with Gasteiger partial charge in [-0.1, -0.05) is 42.5 Å². The summed E-state index contributed by atoms with van der Waals surface area (Å²) in [5, 5.41) is 7.07. The number of piperidine rings is 2. The van der Waals surface area contributed by atoms with Crippen LogP contribution >= 0.6 is 24.0 Å². The maximum atomic E-state index is 12.1. The Morgan fingerprint density at radius 2 is 1.79 bits per heavy atom. The largest absolute Gasteiger partial charge is 0.354 e. The minimum absolute atomic E-state index is 0. The lowest BCUT2D eigenvalue weighted by Crippen LogP contribution is -2.51. The Kier molecular flexibility index (Phi) is 10.2. The number of carbonyl (C=O) groups is 1. The fourth-order valence-corrected chi connectivity index (χ4v) is 4.85. The average molecular weight is 576 g/mol. The number of hydrogen-bond acceptors (Lipinski definition) is 3. The van der Waals surface area contributed by atoms with Crippen molar-refractivity contribution in [1.82, 2.24) is 15.5 Å². The first-order valence-corrected chi connectivity index (χ1v) is 12.3. The second-order valence-electron chi connectivity index (χ2n) is 9.27. The third-order valence-corrected chi connectivity index (χ3v) is 6.84. The van der Waals surface area contributed by atoms with Crippen molar-refractivity contribution in [2.45, 2.75) is 64.2 Å². The number of likely N-dealkylation sites (tertiary alicyclic amines) is 1. The molecule has 2 aromatic rings. The maximum absolute atomic E-state index is 12.1. The van der Waals surface area contributed by atoms with Crippen molar-refractivity contribution in [3.05, 3.63) is 65.7 Å². The van der Waals surface area contributed by atoms with Crippen molar-refractivity contribution in [3.63, 3.8) is 0 Å². The van der Waals surface area contributed by atoms with E-state index in [1.54, 1.807) is 0 Å². The van der Waals surface area contributed by atoms with Gasteiger partial charge in [0.1, 0.15) is 0 Å². The molecular formula is C27H38IN5O. The van der Waals surface area contributed by atoms with Crippen molar-refractivity contribution >= 4 is 41.5 Å². The third-order valence-electron chi connectivity index (χ3n) is 6.84. The minimum Gasteiger partial charge on any atom is -0.354 e. The molecule has 2 aromatic carbocycles. The predicted molar refractivity (Wildman–Crippen MR) is 151 cm³/mol. The molecule has 2 N–H and O–H groups in total. The van der Waals surface area contributed by atoms with Crippen molar-refractivity contribution in [2.75, 3.05) is 25.0 Å². The Balaban J connectivity index is 0.00000324. The van der Waals surface area contributed by atoms with E-state index in [0.29, 0.717) is 25.0 Å². The second kappa shape index (κ2) is 13.1. The summed E-state index contributed by atoms with van der Waals surface area (Å²) in [6, 6.07) is 20.0. The highest BCUT2D eigenvalue weighted by molar-refractivity contribution is 14.0. The lowest BCUT2D eigenvalue weighted by molar-refractivity contribution is -0.119. The molecule has 0 aromatic heterocycles. The molecule has 34 heavy (non-hydrogen) atoms. The van der Waals surface area contributed by atoms with Gasteiger partial charge >= 0.3 is 0 Å². The zero-order chi connectivity index (χ0) is 23.0. The zero-order valence-electron chi connectivity index (χ0n) is 20.4. The van der Waals surface area contributed by atoms with E-state index in [4.69, 9.17) is 0 Å². The van der Waals surface area contributed by atoms with Gasteiger partial charge in [-0.25, -0.2) is 0 Å². The van der Waals surface area contributed by atoms with E-state index >= 15 is 0 Å². The van der Waals surface area contributed by atoms with Crippen LogP contribution in [0.25, 0.3) is 0 Å².